The molecule has 32 heavy (non-hydrogen) atoms. The number of hydrogen-bond acceptors (Lipinski definition) is 8. The molecule has 0 aromatic carbocycles. The van der Waals surface area contributed by atoms with E-state index in [0.717, 1.165) is 16.3 Å². The number of pyridine rings is 1. The van der Waals surface area contributed by atoms with Crippen molar-refractivity contribution >= 4 is 46.2 Å². The lowest BCUT2D eigenvalue weighted by Gasteiger charge is -2.36. The quantitative estimate of drug-likeness (QED) is 0.599. The number of nitrogens with zero attached hydrogens (tertiary/aromatic N) is 4. The molecule has 3 aromatic heterocycles. The summed E-state index contributed by atoms with van der Waals surface area (Å²) in [6.07, 6.45) is 1.45. The molecule has 0 radical (unpaired) electrons. The third-order valence-corrected chi connectivity index (χ3v) is 6.37. The molecule has 0 saturated carbocycles. The fraction of sp³-hybridized carbons (Fsp3) is 0.364. The molecule has 168 valence electrons. The summed E-state index contributed by atoms with van der Waals surface area (Å²) in [5.74, 6) is 0.185. The molecule has 1 saturated heterocycles. The topological polar surface area (TPSA) is 87.7 Å². The Morgan fingerprint density at radius 3 is 2.50 bits per heavy atom. The van der Waals surface area contributed by atoms with Crippen LogP contribution in [0.25, 0.3) is 10.6 Å². The van der Waals surface area contributed by atoms with Crippen LogP contribution < -0.4 is 10.2 Å². The van der Waals surface area contributed by atoms with Crippen LogP contribution in [-0.4, -0.2) is 58.6 Å². The molecule has 2 amide bonds. The van der Waals surface area contributed by atoms with Crippen LogP contribution in [-0.2, 0) is 4.74 Å². The van der Waals surface area contributed by atoms with Gasteiger partial charge in [-0.3, -0.25) is 4.79 Å². The maximum atomic E-state index is 12.5. The van der Waals surface area contributed by atoms with Gasteiger partial charge in [0, 0.05) is 42.5 Å². The van der Waals surface area contributed by atoms with E-state index in [4.69, 9.17) is 4.74 Å². The Balaban J connectivity index is 1.31. The summed E-state index contributed by atoms with van der Waals surface area (Å²) < 4.78 is 5.44. The number of carbonyl (C=O) groups is 2. The van der Waals surface area contributed by atoms with Crippen LogP contribution in [0.5, 0.6) is 0 Å². The van der Waals surface area contributed by atoms with Crippen molar-refractivity contribution in [2.24, 2.45) is 0 Å². The molecular weight excluding hydrogens is 446 g/mol. The molecule has 8 nitrogen and oxygen atoms in total. The van der Waals surface area contributed by atoms with Gasteiger partial charge in [0.15, 0.2) is 0 Å². The van der Waals surface area contributed by atoms with E-state index in [-0.39, 0.29) is 12.0 Å². The van der Waals surface area contributed by atoms with Gasteiger partial charge in [-0.15, -0.1) is 11.3 Å². The first kappa shape index (κ1) is 22.2. The zero-order valence-corrected chi connectivity index (χ0v) is 19.8. The predicted molar refractivity (Wildman–Crippen MR) is 128 cm³/mol. The van der Waals surface area contributed by atoms with Gasteiger partial charge in [-0.05, 0) is 44.4 Å². The minimum atomic E-state index is -0.498. The van der Waals surface area contributed by atoms with Crippen LogP contribution in [0.2, 0.25) is 0 Å². The molecule has 0 aliphatic carbocycles. The Labute approximate surface area is 194 Å². The number of thiophene rings is 1. The minimum Gasteiger partial charge on any atom is -0.444 e. The third kappa shape index (κ3) is 5.43. The highest BCUT2D eigenvalue weighted by atomic mass is 32.1. The van der Waals surface area contributed by atoms with Crippen LogP contribution in [0, 0.1) is 0 Å². The molecule has 10 heteroatoms. The number of nitrogens with one attached hydrogen (secondary N) is 1. The lowest BCUT2D eigenvalue weighted by atomic mass is 10.2. The number of rotatable bonds is 4. The van der Waals surface area contributed by atoms with E-state index in [2.05, 4.69) is 20.2 Å². The van der Waals surface area contributed by atoms with E-state index >= 15 is 0 Å². The summed E-state index contributed by atoms with van der Waals surface area (Å²) in [5, 5.41) is 9.37. The van der Waals surface area contributed by atoms with Crippen LogP contribution in [0.3, 0.4) is 0 Å². The highest BCUT2D eigenvalue weighted by Gasteiger charge is 2.26. The Morgan fingerprint density at radius 2 is 1.88 bits per heavy atom. The van der Waals surface area contributed by atoms with Gasteiger partial charge < -0.3 is 19.9 Å². The standard InChI is InChI=1S/C22H25N5O3S2/c1-22(2,3)30-21(29)27-9-7-26(8-10-27)16-4-5-18(23-12-16)25-19(28)17-14-32-20(24-17)15-6-11-31-13-15/h4-6,11-14H,7-10H2,1-3H3,(H,23,25,28). The van der Waals surface area contributed by atoms with Crippen molar-refractivity contribution in [3.63, 3.8) is 0 Å². The number of ether oxygens (including phenoxy) is 1. The number of thiazole rings is 1. The summed E-state index contributed by atoms with van der Waals surface area (Å²) in [4.78, 5) is 37.4. The number of carbonyl (C=O) groups excluding carboxylic acids is 2. The van der Waals surface area contributed by atoms with Crippen molar-refractivity contribution in [1.82, 2.24) is 14.9 Å². The number of anilines is 2. The predicted octanol–water partition coefficient (Wildman–Crippen LogP) is 4.58. The zero-order valence-electron chi connectivity index (χ0n) is 18.2. The highest BCUT2D eigenvalue weighted by Crippen LogP contribution is 2.26. The van der Waals surface area contributed by atoms with E-state index in [9.17, 15) is 9.59 Å². The van der Waals surface area contributed by atoms with Gasteiger partial charge >= 0.3 is 6.09 Å². The molecule has 0 unspecified atom stereocenters. The summed E-state index contributed by atoms with van der Waals surface area (Å²) in [6.45, 7) is 8.15. The molecule has 4 rings (SSSR count). The van der Waals surface area contributed by atoms with E-state index in [1.807, 2.05) is 43.7 Å². The van der Waals surface area contributed by atoms with Crippen LogP contribution in [0.4, 0.5) is 16.3 Å². The lowest BCUT2D eigenvalue weighted by Crippen LogP contribution is -2.50. The zero-order chi connectivity index (χ0) is 22.7. The molecular formula is C22H25N5O3S2. The average molecular weight is 472 g/mol. The van der Waals surface area contributed by atoms with Crippen molar-refractivity contribution in [3.05, 3.63) is 46.2 Å². The Bertz CT molecular complexity index is 1070. The first-order chi connectivity index (χ1) is 15.3. The molecule has 0 atom stereocenters. The van der Waals surface area contributed by atoms with E-state index in [1.165, 1.54) is 11.3 Å². The second-order valence-electron chi connectivity index (χ2n) is 8.36. The molecule has 1 aliphatic rings. The summed E-state index contributed by atoms with van der Waals surface area (Å²) in [7, 11) is 0. The van der Waals surface area contributed by atoms with Crippen LogP contribution >= 0.6 is 22.7 Å². The normalized spacial score (nSPS) is 14.3. The molecule has 1 fully saturated rings. The van der Waals surface area contributed by atoms with E-state index < -0.39 is 5.60 Å². The summed E-state index contributed by atoms with van der Waals surface area (Å²) in [6, 6.07) is 5.68. The fourth-order valence-electron chi connectivity index (χ4n) is 3.20. The van der Waals surface area contributed by atoms with Crippen molar-refractivity contribution < 1.29 is 14.3 Å². The van der Waals surface area contributed by atoms with Gasteiger partial charge in [-0.2, -0.15) is 11.3 Å². The monoisotopic (exact) mass is 471 g/mol. The first-order valence-corrected chi connectivity index (χ1v) is 12.1. The Kier molecular flexibility index (Phi) is 6.43. The van der Waals surface area contributed by atoms with Gasteiger partial charge in [-0.25, -0.2) is 14.8 Å². The van der Waals surface area contributed by atoms with Gasteiger partial charge in [0.05, 0.1) is 11.9 Å². The highest BCUT2D eigenvalue weighted by molar-refractivity contribution is 7.14. The maximum Gasteiger partial charge on any atom is 0.410 e. The average Bonchev–Trinajstić information content (AvgIpc) is 3.45. The molecule has 1 N–H and O–H groups in total. The van der Waals surface area contributed by atoms with Gasteiger partial charge in [-0.1, -0.05) is 0 Å². The largest absolute Gasteiger partial charge is 0.444 e. The molecule has 4 heterocycles. The van der Waals surface area contributed by atoms with Crippen molar-refractivity contribution in [1.29, 1.82) is 0 Å². The van der Waals surface area contributed by atoms with Crippen molar-refractivity contribution in [2.75, 3.05) is 36.4 Å². The third-order valence-electron chi connectivity index (χ3n) is 4.79. The van der Waals surface area contributed by atoms with Crippen molar-refractivity contribution in [2.45, 2.75) is 26.4 Å². The lowest BCUT2D eigenvalue weighted by molar-refractivity contribution is 0.0240. The second-order valence-corrected chi connectivity index (χ2v) is 10.00. The second kappa shape index (κ2) is 9.25. The SMILES string of the molecule is CC(C)(C)OC(=O)N1CCN(c2ccc(NC(=O)c3csc(-c4ccsc4)n3)nc2)CC1. The smallest absolute Gasteiger partial charge is 0.410 e. The van der Waals surface area contributed by atoms with Gasteiger partial charge in [0.25, 0.3) is 5.91 Å². The summed E-state index contributed by atoms with van der Waals surface area (Å²) >= 11 is 3.04. The van der Waals surface area contributed by atoms with Gasteiger partial charge in [0.1, 0.15) is 22.1 Å². The summed E-state index contributed by atoms with van der Waals surface area (Å²) in [5.41, 5.74) is 1.84. The first-order valence-electron chi connectivity index (χ1n) is 10.3. The maximum absolute atomic E-state index is 12.5. The number of amides is 2. The van der Waals surface area contributed by atoms with Crippen molar-refractivity contribution in [3.8, 4) is 10.6 Å². The molecule has 0 spiro atoms. The van der Waals surface area contributed by atoms with E-state index in [0.29, 0.717) is 37.7 Å². The Morgan fingerprint density at radius 1 is 1.09 bits per heavy atom. The Hall–Kier alpha value is -2.98. The fourth-order valence-corrected chi connectivity index (χ4v) is 4.71. The molecule has 0 bridgehead atoms. The van der Waals surface area contributed by atoms with Crippen LogP contribution in [0.1, 0.15) is 31.3 Å². The van der Waals surface area contributed by atoms with E-state index in [1.54, 1.807) is 33.9 Å². The number of aromatic nitrogens is 2. The molecule has 1 aliphatic heterocycles. The van der Waals surface area contributed by atoms with Crippen LogP contribution in [0.15, 0.2) is 40.5 Å². The number of hydrogen-bond donors (Lipinski definition) is 1. The minimum absolute atomic E-state index is 0.280. The number of piperazine rings is 1. The van der Waals surface area contributed by atoms with Gasteiger partial charge in [0.2, 0.25) is 0 Å². The molecule has 3 aromatic rings.